The molecule has 2 aromatic rings. The van der Waals surface area contributed by atoms with Crippen LogP contribution < -0.4 is 5.73 Å². The molecule has 1 unspecified atom stereocenters. The monoisotopic (exact) mass is 345 g/mol. The fourth-order valence-corrected chi connectivity index (χ4v) is 3.58. The lowest BCUT2D eigenvalue weighted by Crippen LogP contribution is -2.18. The second kappa shape index (κ2) is 7.06. The highest BCUT2D eigenvalue weighted by atomic mass is 35.5. The van der Waals surface area contributed by atoms with Crippen LogP contribution in [0.3, 0.4) is 0 Å². The summed E-state index contributed by atoms with van der Waals surface area (Å²) in [6.07, 6.45) is 0.789. The molecule has 0 aliphatic heterocycles. The quantitative estimate of drug-likeness (QED) is 0.769. The lowest BCUT2D eigenvalue weighted by Gasteiger charge is -2.13. The van der Waals surface area contributed by atoms with Crippen molar-refractivity contribution in [2.45, 2.75) is 29.2 Å². The molecule has 1 nitrogen and oxygen atoms in total. The van der Waals surface area contributed by atoms with E-state index in [4.69, 9.17) is 40.5 Å². The second-order valence-corrected chi connectivity index (χ2v) is 6.97. The molecule has 2 aromatic carbocycles. The third-order valence-electron chi connectivity index (χ3n) is 2.68. The van der Waals surface area contributed by atoms with E-state index in [2.05, 4.69) is 0 Å². The Labute approximate surface area is 138 Å². The van der Waals surface area contributed by atoms with Crippen molar-refractivity contribution in [2.24, 2.45) is 5.73 Å². The summed E-state index contributed by atoms with van der Waals surface area (Å²) in [5, 5.41) is 2.03. The van der Waals surface area contributed by atoms with Crippen LogP contribution in [0, 0.1) is 0 Å². The van der Waals surface area contributed by atoms with Gasteiger partial charge in [0.05, 0.1) is 5.02 Å². The Balaban J connectivity index is 2.36. The van der Waals surface area contributed by atoms with Crippen LogP contribution in [0.5, 0.6) is 0 Å². The minimum atomic E-state index is 0.0883. The van der Waals surface area contributed by atoms with Gasteiger partial charge in [-0.3, -0.25) is 0 Å². The number of benzene rings is 2. The van der Waals surface area contributed by atoms with E-state index >= 15 is 0 Å². The molecule has 0 aliphatic rings. The maximum absolute atomic E-state index is 6.21. The number of hydrogen-bond acceptors (Lipinski definition) is 2. The molecule has 0 fully saturated rings. The van der Waals surface area contributed by atoms with Crippen molar-refractivity contribution in [3.05, 3.63) is 57.0 Å². The van der Waals surface area contributed by atoms with Gasteiger partial charge in [0, 0.05) is 25.9 Å². The average molecular weight is 347 g/mol. The van der Waals surface area contributed by atoms with E-state index in [9.17, 15) is 0 Å². The van der Waals surface area contributed by atoms with Gasteiger partial charge >= 0.3 is 0 Å². The van der Waals surface area contributed by atoms with Gasteiger partial charge in [-0.25, -0.2) is 0 Å². The lowest BCUT2D eigenvalue weighted by atomic mass is 10.1. The van der Waals surface area contributed by atoms with Crippen molar-refractivity contribution in [1.29, 1.82) is 0 Å². The predicted molar refractivity (Wildman–Crippen MR) is 89.4 cm³/mol. The van der Waals surface area contributed by atoms with Crippen molar-refractivity contribution >= 4 is 46.6 Å². The summed E-state index contributed by atoms with van der Waals surface area (Å²) in [6.45, 7) is 1.98. The van der Waals surface area contributed by atoms with Crippen LogP contribution in [0.25, 0.3) is 0 Å². The van der Waals surface area contributed by atoms with Gasteiger partial charge in [0.25, 0.3) is 0 Å². The van der Waals surface area contributed by atoms with Gasteiger partial charge in [-0.05, 0) is 49.2 Å². The van der Waals surface area contributed by atoms with E-state index in [1.165, 1.54) is 0 Å². The Bertz CT molecular complexity index is 614. The average Bonchev–Trinajstić information content (AvgIpc) is 2.37. The van der Waals surface area contributed by atoms with Crippen LogP contribution in [0.1, 0.15) is 12.5 Å². The highest BCUT2D eigenvalue weighted by Gasteiger charge is 2.10. The molecule has 0 saturated carbocycles. The van der Waals surface area contributed by atoms with Crippen molar-refractivity contribution in [2.75, 3.05) is 0 Å². The van der Waals surface area contributed by atoms with Gasteiger partial charge in [0.1, 0.15) is 0 Å². The highest BCUT2D eigenvalue weighted by molar-refractivity contribution is 7.99. The summed E-state index contributed by atoms with van der Waals surface area (Å²) in [6, 6.07) is 11.3. The summed E-state index contributed by atoms with van der Waals surface area (Å²) in [5.74, 6) is 0. The second-order valence-electron chi connectivity index (χ2n) is 4.61. The smallest absolute Gasteiger partial charge is 0.0546 e. The number of hydrogen-bond donors (Lipinski definition) is 1. The highest BCUT2D eigenvalue weighted by Crippen LogP contribution is 2.38. The van der Waals surface area contributed by atoms with E-state index in [0.717, 1.165) is 21.8 Å². The Hall–Kier alpha value is -0.380. The van der Waals surface area contributed by atoms with Crippen LogP contribution in [0.2, 0.25) is 15.1 Å². The first-order chi connectivity index (χ1) is 9.45. The maximum Gasteiger partial charge on any atom is 0.0546 e. The summed E-state index contributed by atoms with van der Waals surface area (Å²) >= 11 is 19.9. The standard InChI is InChI=1S/C15H14Cl3NS/c1-9(19)6-10-2-3-11(16)7-14(10)20-15-8-12(17)4-5-13(15)18/h2-5,7-9H,6,19H2,1H3. The van der Waals surface area contributed by atoms with Gasteiger partial charge in [-0.15, -0.1) is 0 Å². The molecule has 0 bridgehead atoms. The Kier molecular flexibility index (Phi) is 5.65. The zero-order valence-electron chi connectivity index (χ0n) is 10.9. The number of nitrogens with two attached hydrogens (primary N) is 1. The molecule has 0 radical (unpaired) electrons. The van der Waals surface area contributed by atoms with E-state index in [1.807, 2.05) is 31.2 Å². The molecule has 2 N–H and O–H groups in total. The fraction of sp³-hybridized carbons (Fsp3) is 0.200. The molecular formula is C15H14Cl3NS. The van der Waals surface area contributed by atoms with Gasteiger partial charge in [0.2, 0.25) is 0 Å². The van der Waals surface area contributed by atoms with Crippen molar-refractivity contribution in [3.8, 4) is 0 Å². The molecule has 0 aliphatic carbocycles. The summed E-state index contributed by atoms with van der Waals surface area (Å²) < 4.78 is 0. The van der Waals surface area contributed by atoms with Crippen LogP contribution in [-0.4, -0.2) is 6.04 Å². The largest absolute Gasteiger partial charge is 0.328 e. The first-order valence-electron chi connectivity index (χ1n) is 6.12. The van der Waals surface area contributed by atoms with Crippen LogP contribution in [-0.2, 0) is 6.42 Å². The minimum absolute atomic E-state index is 0.0883. The van der Waals surface area contributed by atoms with Crippen LogP contribution >= 0.6 is 46.6 Å². The first kappa shape index (κ1) is 16.0. The number of rotatable bonds is 4. The van der Waals surface area contributed by atoms with Crippen LogP contribution in [0.4, 0.5) is 0 Å². The molecule has 2 rings (SSSR count). The summed E-state index contributed by atoms with van der Waals surface area (Å²) in [5.41, 5.74) is 7.05. The first-order valence-corrected chi connectivity index (χ1v) is 8.07. The van der Waals surface area contributed by atoms with Crippen molar-refractivity contribution in [3.63, 3.8) is 0 Å². The van der Waals surface area contributed by atoms with Gasteiger partial charge in [0.15, 0.2) is 0 Å². The molecule has 0 heterocycles. The SMILES string of the molecule is CC(N)Cc1ccc(Cl)cc1Sc1cc(Cl)ccc1Cl. The molecule has 20 heavy (non-hydrogen) atoms. The minimum Gasteiger partial charge on any atom is -0.328 e. The Morgan fingerprint density at radius 1 is 1.00 bits per heavy atom. The van der Waals surface area contributed by atoms with Gasteiger partial charge in [-0.1, -0.05) is 52.6 Å². The number of halogens is 3. The molecular weight excluding hydrogens is 333 g/mol. The van der Waals surface area contributed by atoms with E-state index in [1.54, 1.807) is 23.9 Å². The predicted octanol–water partition coefficient (Wildman–Crippen LogP) is 5.69. The van der Waals surface area contributed by atoms with Gasteiger partial charge < -0.3 is 5.73 Å². The van der Waals surface area contributed by atoms with Crippen molar-refractivity contribution in [1.82, 2.24) is 0 Å². The molecule has 0 saturated heterocycles. The molecule has 1 atom stereocenters. The van der Waals surface area contributed by atoms with Crippen molar-refractivity contribution < 1.29 is 0 Å². The van der Waals surface area contributed by atoms with Gasteiger partial charge in [-0.2, -0.15) is 0 Å². The Morgan fingerprint density at radius 3 is 2.25 bits per heavy atom. The summed E-state index contributed by atoms with van der Waals surface area (Å²) in [7, 11) is 0. The van der Waals surface area contributed by atoms with E-state index in [0.29, 0.717) is 15.1 Å². The molecule has 0 aromatic heterocycles. The molecule has 0 spiro atoms. The van der Waals surface area contributed by atoms with Crippen LogP contribution in [0.15, 0.2) is 46.2 Å². The van der Waals surface area contributed by atoms with E-state index in [-0.39, 0.29) is 6.04 Å². The zero-order chi connectivity index (χ0) is 14.7. The third-order valence-corrected chi connectivity index (χ3v) is 4.75. The third kappa shape index (κ3) is 4.31. The fourth-order valence-electron chi connectivity index (χ4n) is 1.81. The Morgan fingerprint density at radius 2 is 1.60 bits per heavy atom. The molecule has 0 amide bonds. The normalized spacial score (nSPS) is 12.4. The topological polar surface area (TPSA) is 26.0 Å². The zero-order valence-corrected chi connectivity index (χ0v) is 14.0. The molecule has 106 valence electrons. The lowest BCUT2D eigenvalue weighted by molar-refractivity contribution is 0.729. The van der Waals surface area contributed by atoms with E-state index < -0.39 is 0 Å². The summed E-state index contributed by atoms with van der Waals surface area (Å²) in [4.78, 5) is 1.96. The maximum atomic E-state index is 6.21. The molecule has 5 heteroatoms.